The first-order valence-corrected chi connectivity index (χ1v) is 6.67. The van der Waals surface area contributed by atoms with Gasteiger partial charge in [-0.2, -0.15) is 0 Å². The first-order valence-electron chi connectivity index (χ1n) is 6.67. The van der Waals surface area contributed by atoms with E-state index in [9.17, 15) is 0 Å². The van der Waals surface area contributed by atoms with Gasteiger partial charge in [-0.25, -0.2) is 9.97 Å². The summed E-state index contributed by atoms with van der Waals surface area (Å²) in [5, 5.41) is 3.52. The summed E-state index contributed by atoms with van der Waals surface area (Å²) in [6, 6.07) is 8.93. The number of aromatic nitrogens is 2. The third-order valence-corrected chi connectivity index (χ3v) is 3.80. The zero-order chi connectivity index (χ0) is 13.2. The summed E-state index contributed by atoms with van der Waals surface area (Å²) in [5.41, 5.74) is 9.57. The first kappa shape index (κ1) is 12.0. The van der Waals surface area contributed by atoms with Crippen molar-refractivity contribution in [2.45, 2.75) is 32.2 Å². The second-order valence-corrected chi connectivity index (χ2v) is 5.02. The monoisotopic (exact) mass is 254 g/mol. The van der Waals surface area contributed by atoms with E-state index in [4.69, 9.17) is 5.73 Å². The van der Waals surface area contributed by atoms with Crippen LogP contribution >= 0.6 is 0 Å². The summed E-state index contributed by atoms with van der Waals surface area (Å²) in [4.78, 5) is 8.31. The summed E-state index contributed by atoms with van der Waals surface area (Å²) < 4.78 is 0. The maximum Gasteiger partial charge on any atom is 0.134 e. The van der Waals surface area contributed by atoms with Crippen LogP contribution in [0.4, 0.5) is 11.6 Å². The van der Waals surface area contributed by atoms with Crippen LogP contribution in [0.3, 0.4) is 0 Å². The van der Waals surface area contributed by atoms with Crippen LogP contribution in [0.25, 0.3) is 0 Å². The third-order valence-electron chi connectivity index (χ3n) is 3.80. The van der Waals surface area contributed by atoms with E-state index in [0.717, 1.165) is 17.8 Å². The zero-order valence-electron chi connectivity index (χ0n) is 11.1. The number of nitrogens with two attached hydrogens (primary N) is 1. The number of benzene rings is 1. The van der Waals surface area contributed by atoms with Gasteiger partial charge in [-0.05, 0) is 37.3 Å². The van der Waals surface area contributed by atoms with Crippen molar-refractivity contribution in [3.8, 4) is 0 Å². The van der Waals surface area contributed by atoms with E-state index in [-0.39, 0.29) is 0 Å². The van der Waals surface area contributed by atoms with Gasteiger partial charge in [-0.15, -0.1) is 0 Å². The molecule has 0 aliphatic heterocycles. The Hall–Kier alpha value is -2.10. The van der Waals surface area contributed by atoms with Gasteiger partial charge in [0.15, 0.2) is 0 Å². The minimum Gasteiger partial charge on any atom is -0.383 e. The topological polar surface area (TPSA) is 63.8 Å². The molecule has 0 bridgehead atoms. The minimum absolute atomic E-state index is 0.318. The number of rotatable bonds is 2. The Morgan fingerprint density at radius 3 is 3.00 bits per heavy atom. The summed E-state index contributed by atoms with van der Waals surface area (Å²) in [6.45, 7) is 1.95. The van der Waals surface area contributed by atoms with Gasteiger partial charge >= 0.3 is 0 Å². The highest BCUT2D eigenvalue weighted by molar-refractivity contribution is 5.55. The minimum atomic E-state index is 0.318. The average Bonchev–Trinajstić information content (AvgIpc) is 2.44. The molecule has 1 unspecified atom stereocenters. The van der Waals surface area contributed by atoms with Crippen molar-refractivity contribution in [3.63, 3.8) is 0 Å². The maximum atomic E-state index is 5.83. The van der Waals surface area contributed by atoms with Gasteiger partial charge in [-0.1, -0.05) is 24.3 Å². The Morgan fingerprint density at radius 2 is 2.11 bits per heavy atom. The first-order chi connectivity index (χ1) is 9.25. The molecule has 1 atom stereocenters. The molecule has 1 heterocycles. The van der Waals surface area contributed by atoms with Crippen LogP contribution in [0.2, 0.25) is 0 Å². The van der Waals surface area contributed by atoms with E-state index in [1.807, 2.05) is 6.92 Å². The van der Waals surface area contributed by atoms with Crippen LogP contribution in [0.15, 0.2) is 30.6 Å². The number of nitrogens with zero attached hydrogens (tertiary/aromatic N) is 2. The van der Waals surface area contributed by atoms with Gasteiger partial charge < -0.3 is 11.1 Å². The van der Waals surface area contributed by atoms with Gasteiger partial charge in [0.2, 0.25) is 0 Å². The molecule has 3 rings (SSSR count). The third kappa shape index (κ3) is 2.26. The summed E-state index contributed by atoms with van der Waals surface area (Å²) >= 11 is 0. The molecule has 3 N–H and O–H groups in total. The second-order valence-electron chi connectivity index (χ2n) is 5.02. The lowest BCUT2D eigenvalue weighted by atomic mass is 9.88. The van der Waals surface area contributed by atoms with Gasteiger partial charge in [0.25, 0.3) is 0 Å². The van der Waals surface area contributed by atoms with E-state index in [1.165, 1.54) is 30.3 Å². The lowest BCUT2D eigenvalue weighted by molar-refractivity contribution is 0.598. The zero-order valence-corrected chi connectivity index (χ0v) is 11.1. The highest BCUT2D eigenvalue weighted by atomic mass is 15.1. The largest absolute Gasteiger partial charge is 0.383 e. The Labute approximate surface area is 113 Å². The molecule has 0 amide bonds. The molecule has 19 heavy (non-hydrogen) atoms. The summed E-state index contributed by atoms with van der Waals surface area (Å²) in [7, 11) is 0. The van der Waals surface area contributed by atoms with E-state index < -0.39 is 0 Å². The van der Waals surface area contributed by atoms with Gasteiger partial charge in [-0.3, -0.25) is 0 Å². The van der Waals surface area contributed by atoms with Gasteiger partial charge in [0.05, 0.1) is 6.04 Å². The number of nitrogen functional groups attached to an aromatic ring is 1. The van der Waals surface area contributed by atoms with Gasteiger partial charge in [0.1, 0.15) is 18.0 Å². The van der Waals surface area contributed by atoms with Crippen LogP contribution in [-0.4, -0.2) is 9.97 Å². The molecule has 2 aromatic rings. The second kappa shape index (κ2) is 4.88. The van der Waals surface area contributed by atoms with Crippen molar-refractivity contribution >= 4 is 11.6 Å². The van der Waals surface area contributed by atoms with E-state index in [2.05, 4.69) is 39.6 Å². The molecule has 4 nitrogen and oxygen atoms in total. The lowest BCUT2D eigenvalue weighted by Crippen LogP contribution is -2.18. The molecule has 0 spiro atoms. The smallest absolute Gasteiger partial charge is 0.134 e. The molecule has 1 aliphatic carbocycles. The highest BCUT2D eigenvalue weighted by Crippen LogP contribution is 2.32. The van der Waals surface area contributed by atoms with E-state index in [1.54, 1.807) is 0 Å². The van der Waals surface area contributed by atoms with Gasteiger partial charge in [0, 0.05) is 5.56 Å². The predicted molar refractivity (Wildman–Crippen MR) is 76.9 cm³/mol. The number of hydrogen-bond acceptors (Lipinski definition) is 4. The van der Waals surface area contributed by atoms with Crippen LogP contribution in [0.1, 0.15) is 35.6 Å². The molecule has 0 fully saturated rings. The van der Waals surface area contributed by atoms with Crippen LogP contribution in [0.5, 0.6) is 0 Å². The number of fused-ring (bicyclic) bond motifs is 1. The standard InChI is InChI=1S/C15H18N4/c1-10-14(16)17-9-18-15(10)19-13-8-4-6-11-5-2-3-7-12(11)13/h2-3,5,7,9,13H,4,6,8H2,1H3,(H3,16,17,18,19). The number of aryl methyl sites for hydroxylation is 1. The Balaban J connectivity index is 1.91. The molecular weight excluding hydrogens is 236 g/mol. The van der Waals surface area contributed by atoms with Crippen molar-refractivity contribution < 1.29 is 0 Å². The van der Waals surface area contributed by atoms with Crippen molar-refractivity contribution in [2.24, 2.45) is 0 Å². The summed E-state index contributed by atoms with van der Waals surface area (Å²) in [5.74, 6) is 1.38. The molecular formula is C15H18N4. The molecule has 4 heteroatoms. The normalized spacial score (nSPS) is 17.8. The van der Waals surface area contributed by atoms with Crippen LogP contribution < -0.4 is 11.1 Å². The molecule has 1 aliphatic rings. The number of anilines is 2. The van der Waals surface area contributed by atoms with Crippen LogP contribution in [0, 0.1) is 6.92 Å². The molecule has 0 saturated heterocycles. The predicted octanol–water partition coefficient (Wildman–Crippen LogP) is 2.86. The van der Waals surface area contributed by atoms with Crippen LogP contribution in [-0.2, 0) is 6.42 Å². The SMILES string of the molecule is Cc1c(N)ncnc1NC1CCCc2ccccc21. The fraction of sp³-hybridized carbons (Fsp3) is 0.333. The highest BCUT2D eigenvalue weighted by Gasteiger charge is 2.20. The molecule has 0 saturated carbocycles. The molecule has 1 aromatic heterocycles. The van der Waals surface area contributed by atoms with Crippen molar-refractivity contribution in [1.82, 2.24) is 9.97 Å². The van der Waals surface area contributed by atoms with Crippen molar-refractivity contribution in [1.29, 1.82) is 0 Å². The van der Waals surface area contributed by atoms with E-state index >= 15 is 0 Å². The molecule has 1 aromatic carbocycles. The Kier molecular flexibility index (Phi) is 3.07. The summed E-state index contributed by atoms with van der Waals surface area (Å²) in [6.07, 6.45) is 5.01. The van der Waals surface area contributed by atoms with Crippen molar-refractivity contribution in [3.05, 3.63) is 47.3 Å². The lowest BCUT2D eigenvalue weighted by Gasteiger charge is -2.27. The Bertz CT molecular complexity index is 594. The quantitative estimate of drug-likeness (QED) is 0.865. The average molecular weight is 254 g/mol. The fourth-order valence-electron chi connectivity index (χ4n) is 2.68. The Morgan fingerprint density at radius 1 is 1.26 bits per heavy atom. The maximum absolute atomic E-state index is 5.83. The molecule has 0 radical (unpaired) electrons. The molecule has 98 valence electrons. The fourth-order valence-corrected chi connectivity index (χ4v) is 2.68. The van der Waals surface area contributed by atoms with E-state index in [0.29, 0.717) is 11.9 Å². The number of nitrogens with one attached hydrogen (secondary N) is 1. The van der Waals surface area contributed by atoms with Crippen molar-refractivity contribution in [2.75, 3.05) is 11.1 Å². The number of hydrogen-bond donors (Lipinski definition) is 2.